The molecule has 0 radical (unpaired) electrons. The van der Waals surface area contributed by atoms with E-state index < -0.39 is 0 Å². The Morgan fingerprint density at radius 2 is 1.77 bits per heavy atom. The molecule has 4 saturated carbocycles. The van der Waals surface area contributed by atoms with Gasteiger partial charge in [-0.1, -0.05) is 25.1 Å². The van der Waals surface area contributed by atoms with E-state index in [1.165, 1.54) is 38.5 Å². The van der Waals surface area contributed by atoms with Gasteiger partial charge < -0.3 is 9.73 Å². The van der Waals surface area contributed by atoms with Crippen LogP contribution in [0, 0.1) is 30.1 Å². The number of fused-ring (bicyclic) bond motifs is 1. The van der Waals surface area contributed by atoms with Gasteiger partial charge in [-0.2, -0.15) is 0 Å². The Bertz CT molecular complexity index is 814. The van der Waals surface area contributed by atoms with Crippen LogP contribution in [0.15, 0.2) is 28.7 Å². The van der Waals surface area contributed by atoms with Crippen molar-refractivity contribution in [2.45, 2.75) is 64.8 Å². The highest BCUT2D eigenvalue weighted by atomic mass is 16.3. The molecule has 0 spiro atoms. The Balaban J connectivity index is 1.42. The molecule has 3 heteroatoms. The number of carbonyl (C=O) groups is 1. The van der Waals surface area contributed by atoms with Gasteiger partial charge in [0.25, 0.3) is 5.91 Å². The van der Waals surface area contributed by atoms with Crippen LogP contribution in [0.25, 0.3) is 11.0 Å². The molecule has 1 aromatic heterocycles. The standard InChI is InChI=1S/C23H29NO2/c1-3-20(23-11-15-8-16(12-23)10-17(9-15)13-23)24-22(25)21-14(2)18-6-4-5-7-19(18)26-21/h4-7,15-17,20H,3,8-13H2,1-2H3,(H,24,25). The molecule has 0 aliphatic heterocycles. The van der Waals surface area contributed by atoms with Crippen LogP contribution >= 0.6 is 0 Å². The van der Waals surface area contributed by atoms with Crippen molar-refractivity contribution in [3.63, 3.8) is 0 Å². The minimum absolute atomic E-state index is 0.0266. The van der Waals surface area contributed by atoms with Crippen molar-refractivity contribution in [1.82, 2.24) is 5.32 Å². The zero-order valence-corrected chi connectivity index (χ0v) is 15.9. The number of hydrogen-bond donors (Lipinski definition) is 1. The molecule has 1 atom stereocenters. The fourth-order valence-corrected chi connectivity index (χ4v) is 6.91. The van der Waals surface area contributed by atoms with Crippen molar-refractivity contribution >= 4 is 16.9 Å². The molecule has 1 heterocycles. The van der Waals surface area contributed by atoms with Crippen molar-refractivity contribution in [2.75, 3.05) is 0 Å². The lowest BCUT2D eigenvalue weighted by molar-refractivity contribution is -0.0728. The van der Waals surface area contributed by atoms with E-state index in [4.69, 9.17) is 4.42 Å². The zero-order valence-electron chi connectivity index (χ0n) is 15.9. The first-order chi connectivity index (χ1) is 12.6. The fourth-order valence-electron chi connectivity index (χ4n) is 6.91. The Morgan fingerprint density at radius 3 is 2.35 bits per heavy atom. The summed E-state index contributed by atoms with van der Waals surface area (Å²) < 4.78 is 5.91. The normalized spacial score (nSPS) is 33.5. The molecule has 4 aliphatic rings. The van der Waals surface area contributed by atoms with Gasteiger partial charge in [-0.3, -0.25) is 4.79 Å². The van der Waals surface area contributed by atoms with Crippen LogP contribution in [-0.2, 0) is 0 Å². The molecule has 4 fully saturated rings. The van der Waals surface area contributed by atoms with Crippen LogP contribution in [0.1, 0.15) is 68.0 Å². The number of hydrogen-bond acceptors (Lipinski definition) is 2. The van der Waals surface area contributed by atoms with Gasteiger partial charge in [-0.25, -0.2) is 0 Å². The molecule has 6 rings (SSSR count). The first kappa shape index (κ1) is 16.4. The maximum atomic E-state index is 13.1. The van der Waals surface area contributed by atoms with Gasteiger partial charge in [0.05, 0.1) is 0 Å². The van der Waals surface area contributed by atoms with Crippen molar-refractivity contribution in [3.05, 3.63) is 35.6 Å². The first-order valence-electron chi connectivity index (χ1n) is 10.4. The van der Waals surface area contributed by atoms with Crippen molar-refractivity contribution < 1.29 is 9.21 Å². The van der Waals surface area contributed by atoms with Gasteiger partial charge in [0, 0.05) is 17.0 Å². The van der Waals surface area contributed by atoms with Gasteiger partial charge in [-0.05, 0) is 81.1 Å². The predicted octanol–water partition coefficient (Wildman–Crippen LogP) is 5.47. The van der Waals surface area contributed by atoms with E-state index in [9.17, 15) is 4.79 Å². The Hall–Kier alpha value is -1.77. The monoisotopic (exact) mass is 351 g/mol. The van der Waals surface area contributed by atoms with Crippen LogP contribution in [-0.4, -0.2) is 11.9 Å². The van der Waals surface area contributed by atoms with Crippen molar-refractivity contribution in [1.29, 1.82) is 0 Å². The summed E-state index contributed by atoms with van der Waals surface area (Å²) in [5, 5.41) is 4.45. The molecule has 1 unspecified atom stereocenters. The molecule has 1 N–H and O–H groups in total. The second-order valence-electron chi connectivity index (χ2n) is 9.27. The third kappa shape index (κ3) is 2.43. The quantitative estimate of drug-likeness (QED) is 0.794. The summed E-state index contributed by atoms with van der Waals surface area (Å²) in [5.41, 5.74) is 2.09. The van der Waals surface area contributed by atoms with E-state index >= 15 is 0 Å². The smallest absolute Gasteiger partial charge is 0.287 e. The van der Waals surface area contributed by atoms with Gasteiger partial charge >= 0.3 is 0 Å². The summed E-state index contributed by atoms with van der Waals surface area (Å²) in [6.07, 6.45) is 9.27. The third-order valence-corrected chi connectivity index (χ3v) is 7.59. The number of para-hydroxylation sites is 1. The second-order valence-corrected chi connectivity index (χ2v) is 9.27. The zero-order chi connectivity index (χ0) is 17.9. The lowest BCUT2D eigenvalue weighted by Gasteiger charge is -2.59. The van der Waals surface area contributed by atoms with Crippen LogP contribution in [0.2, 0.25) is 0 Å². The maximum Gasteiger partial charge on any atom is 0.287 e. The van der Waals surface area contributed by atoms with E-state index in [2.05, 4.69) is 12.2 Å². The molecule has 138 valence electrons. The Labute approximate surface area is 155 Å². The summed E-state index contributed by atoms with van der Waals surface area (Å²) >= 11 is 0. The highest BCUT2D eigenvalue weighted by Gasteiger charge is 2.54. The van der Waals surface area contributed by atoms with Gasteiger partial charge in [0.2, 0.25) is 0 Å². The van der Waals surface area contributed by atoms with Crippen molar-refractivity contribution in [3.8, 4) is 0 Å². The number of rotatable bonds is 4. The van der Waals surface area contributed by atoms with E-state index in [-0.39, 0.29) is 11.9 Å². The predicted molar refractivity (Wildman–Crippen MR) is 103 cm³/mol. The second kappa shape index (κ2) is 5.87. The molecule has 4 bridgehead atoms. The molecule has 26 heavy (non-hydrogen) atoms. The number of furan rings is 1. The van der Waals surface area contributed by atoms with Crippen molar-refractivity contribution in [2.24, 2.45) is 23.2 Å². The minimum Gasteiger partial charge on any atom is -0.451 e. The number of amides is 1. The first-order valence-corrected chi connectivity index (χ1v) is 10.4. The number of benzene rings is 1. The average molecular weight is 351 g/mol. The molecule has 0 saturated heterocycles. The van der Waals surface area contributed by atoms with Crippen LogP contribution in [0.5, 0.6) is 0 Å². The molecule has 2 aromatic rings. The van der Waals surface area contributed by atoms with Gasteiger partial charge in [0.1, 0.15) is 5.58 Å². The van der Waals surface area contributed by atoms with E-state index in [0.717, 1.165) is 40.7 Å². The van der Waals surface area contributed by atoms with Gasteiger partial charge in [-0.15, -0.1) is 0 Å². The number of nitrogens with one attached hydrogen (secondary N) is 1. The lowest BCUT2D eigenvalue weighted by atomic mass is 9.47. The van der Waals surface area contributed by atoms with Gasteiger partial charge in [0.15, 0.2) is 5.76 Å². The Kier molecular flexibility index (Phi) is 3.70. The highest BCUT2D eigenvalue weighted by molar-refractivity contribution is 5.99. The molecule has 1 aromatic carbocycles. The highest BCUT2D eigenvalue weighted by Crippen LogP contribution is 2.61. The molecule has 4 aliphatic carbocycles. The van der Waals surface area contributed by atoms with E-state index in [1.54, 1.807) is 0 Å². The van der Waals surface area contributed by atoms with Crippen LogP contribution in [0.3, 0.4) is 0 Å². The molecule has 1 amide bonds. The SMILES string of the molecule is CCC(NC(=O)c1oc2ccccc2c1C)C12CC3CC(CC(C3)C1)C2. The summed E-state index contributed by atoms with van der Waals surface area (Å²) in [5.74, 6) is 3.18. The lowest BCUT2D eigenvalue weighted by Crippen LogP contribution is -2.56. The van der Waals surface area contributed by atoms with E-state index in [0.29, 0.717) is 11.2 Å². The summed E-state index contributed by atoms with van der Waals surface area (Å²) in [6, 6.07) is 8.20. The fraction of sp³-hybridized carbons (Fsp3) is 0.609. The van der Waals surface area contributed by atoms with Crippen LogP contribution < -0.4 is 5.32 Å². The minimum atomic E-state index is -0.0266. The van der Waals surface area contributed by atoms with Crippen LogP contribution in [0.4, 0.5) is 0 Å². The topological polar surface area (TPSA) is 42.2 Å². The molecular weight excluding hydrogens is 322 g/mol. The number of carbonyl (C=O) groups excluding carboxylic acids is 1. The molecular formula is C23H29NO2. The summed E-state index contributed by atoms with van der Waals surface area (Å²) in [6.45, 7) is 4.22. The summed E-state index contributed by atoms with van der Waals surface area (Å²) in [7, 11) is 0. The summed E-state index contributed by atoms with van der Waals surface area (Å²) in [4.78, 5) is 13.1. The largest absolute Gasteiger partial charge is 0.451 e. The average Bonchev–Trinajstić information content (AvgIpc) is 2.95. The third-order valence-electron chi connectivity index (χ3n) is 7.59. The Morgan fingerprint density at radius 1 is 1.15 bits per heavy atom. The van der Waals surface area contributed by atoms with E-state index in [1.807, 2.05) is 31.2 Å². The number of aryl methyl sites for hydroxylation is 1. The molecule has 3 nitrogen and oxygen atoms in total. The maximum absolute atomic E-state index is 13.1.